The maximum atomic E-state index is 12.5. The molecular weight excluding hydrogens is 240 g/mol. The Morgan fingerprint density at radius 3 is 2.63 bits per heavy atom. The fraction of sp³-hybridized carbons (Fsp3) is 0.571. The molecule has 1 amide bonds. The molecule has 0 saturated heterocycles. The van der Waals surface area contributed by atoms with Crippen LogP contribution in [0.2, 0.25) is 0 Å². The predicted molar refractivity (Wildman–Crippen MR) is 78.0 cm³/mol. The molecule has 0 atom stereocenters. The number of carbonyl (C=O) groups excluding carboxylic acids is 1. The van der Waals surface area contributed by atoms with E-state index in [-0.39, 0.29) is 11.4 Å². The highest BCUT2D eigenvalue weighted by Crippen LogP contribution is 2.22. The van der Waals surface area contributed by atoms with E-state index in [1.54, 1.807) is 11.0 Å². The molecule has 0 fully saturated rings. The lowest BCUT2D eigenvalue weighted by Gasteiger charge is -2.34. The molecule has 1 rings (SSSR count). The monoisotopic (exact) mass is 264 g/mol. The average Bonchev–Trinajstić information content (AvgIpc) is 2.66. The molecule has 3 N–H and O–H groups in total. The van der Waals surface area contributed by atoms with Gasteiger partial charge in [0.05, 0.1) is 11.4 Å². The third kappa shape index (κ3) is 3.36. The van der Waals surface area contributed by atoms with Gasteiger partial charge < -0.3 is 10.6 Å². The second kappa shape index (κ2) is 5.91. The van der Waals surface area contributed by atoms with Gasteiger partial charge in [0.2, 0.25) is 0 Å². The van der Waals surface area contributed by atoms with E-state index in [1.807, 2.05) is 20.8 Å². The lowest BCUT2D eigenvalue weighted by molar-refractivity contribution is 0.0611. The van der Waals surface area contributed by atoms with E-state index in [2.05, 4.69) is 23.7 Å². The zero-order valence-corrected chi connectivity index (χ0v) is 12.3. The molecule has 0 aliphatic heterocycles. The van der Waals surface area contributed by atoms with Crippen molar-refractivity contribution in [3.63, 3.8) is 0 Å². The zero-order valence-electron chi connectivity index (χ0n) is 12.3. The minimum absolute atomic E-state index is 0.163. The van der Waals surface area contributed by atoms with Gasteiger partial charge in [0.25, 0.3) is 5.91 Å². The molecular formula is C14H24N4O. The molecule has 1 aromatic heterocycles. The smallest absolute Gasteiger partial charge is 0.277 e. The van der Waals surface area contributed by atoms with Crippen LogP contribution in [0.1, 0.15) is 50.3 Å². The van der Waals surface area contributed by atoms with Crippen molar-refractivity contribution in [2.24, 2.45) is 0 Å². The number of nitrogen functional groups attached to an aromatic ring is 1. The van der Waals surface area contributed by atoms with E-state index in [4.69, 9.17) is 5.73 Å². The number of anilines is 1. The summed E-state index contributed by atoms with van der Waals surface area (Å²) in [5.41, 5.74) is 7.30. The van der Waals surface area contributed by atoms with E-state index in [1.165, 1.54) is 0 Å². The number of carbonyl (C=O) groups is 1. The first kappa shape index (κ1) is 15.3. The highest BCUT2D eigenvalue weighted by atomic mass is 16.2. The van der Waals surface area contributed by atoms with E-state index >= 15 is 0 Å². The number of nitrogens with zero attached hydrogens (tertiary/aromatic N) is 2. The largest absolute Gasteiger partial charge is 0.395 e. The number of amides is 1. The van der Waals surface area contributed by atoms with Gasteiger partial charge in [0.1, 0.15) is 0 Å². The minimum Gasteiger partial charge on any atom is -0.395 e. The topological polar surface area (TPSA) is 75.0 Å². The number of aromatic amines is 1. The number of aryl methyl sites for hydroxylation is 1. The summed E-state index contributed by atoms with van der Waals surface area (Å²) in [4.78, 5) is 14.2. The second-order valence-corrected chi connectivity index (χ2v) is 5.59. The third-order valence-corrected chi connectivity index (χ3v) is 2.95. The summed E-state index contributed by atoms with van der Waals surface area (Å²) in [6, 6.07) is 0. The quantitative estimate of drug-likeness (QED) is 0.802. The van der Waals surface area contributed by atoms with Crippen LogP contribution < -0.4 is 5.73 Å². The Hall–Kier alpha value is -1.78. The first-order valence-corrected chi connectivity index (χ1v) is 6.58. The van der Waals surface area contributed by atoms with Gasteiger partial charge in [-0.15, -0.1) is 6.58 Å². The lowest BCUT2D eigenvalue weighted by Crippen LogP contribution is -2.46. The van der Waals surface area contributed by atoms with Crippen molar-refractivity contribution >= 4 is 11.6 Å². The highest BCUT2D eigenvalue weighted by molar-refractivity contribution is 5.98. The lowest BCUT2D eigenvalue weighted by atomic mass is 10.0. The number of rotatable bonds is 5. The van der Waals surface area contributed by atoms with Gasteiger partial charge in [-0.05, 0) is 27.2 Å². The first-order valence-electron chi connectivity index (χ1n) is 6.58. The second-order valence-electron chi connectivity index (χ2n) is 5.59. The summed E-state index contributed by atoms with van der Waals surface area (Å²) < 4.78 is 0. The molecule has 1 heterocycles. The number of H-pyrrole nitrogens is 1. The first-order chi connectivity index (χ1) is 8.82. The van der Waals surface area contributed by atoms with Gasteiger partial charge in [-0.2, -0.15) is 5.10 Å². The van der Waals surface area contributed by atoms with Crippen LogP contribution in [0.4, 0.5) is 5.69 Å². The Labute approximate surface area is 114 Å². The number of nitrogens with one attached hydrogen (secondary N) is 1. The van der Waals surface area contributed by atoms with Crippen molar-refractivity contribution in [2.45, 2.75) is 46.1 Å². The van der Waals surface area contributed by atoms with Gasteiger partial charge in [-0.25, -0.2) is 0 Å². The molecule has 0 unspecified atom stereocenters. The van der Waals surface area contributed by atoms with Gasteiger partial charge in [0, 0.05) is 12.1 Å². The highest BCUT2D eigenvalue weighted by Gasteiger charge is 2.29. The van der Waals surface area contributed by atoms with Crippen molar-refractivity contribution in [3.8, 4) is 0 Å². The van der Waals surface area contributed by atoms with Crippen molar-refractivity contribution in [2.75, 3.05) is 12.3 Å². The molecule has 1 aromatic rings. The van der Waals surface area contributed by atoms with Crippen LogP contribution in [-0.2, 0) is 6.42 Å². The molecule has 0 bridgehead atoms. The van der Waals surface area contributed by atoms with Crippen molar-refractivity contribution in [3.05, 3.63) is 24.0 Å². The summed E-state index contributed by atoms with van der Waals surface area (Å²) in [7, 11) is 0. The molecule has 5 nitrogen and oxygen atoms in total. The van der Waals surface area contributed by atoms with Gasteiger partial charge in [-0.3, -0.25) is 9.89 Å². The predicted octanol–water partition coefficient (Wildman–Crippen LogP) is 2.37. The summed E-state index contributed by atoms with van der Waals surface area (Å²) >= 11 is 0. The van der Waals surface area contributed by atoms with Crippen LogP contribution in [0.5, 0.6) is 0 Å². The fourth-order valence-electron chi connectivity index (χ4n) is 1.91. The summed E-state index contributed by atoms with van der Waals surface area (Å²) in [5, 5.41) is 6.93. The van der Waals surface area contributed by atoms with E-state index in [0.29, 0.717) is 17.9 Å². The van der Waals surface area contributed by atoms with E-state index in [0.717, 1.165) is 18.5 Å². The van der Waals surface area contributed by atoms with Crippen LogP contribution in [0, 0.1) is 0 Å². The van der Waals surface area contributed by atoms with Gasteiger partial charge in [-0.1, -0.05) is 19.4 Å². The molecule has 0 aromatic carbocycles. The number of aromatic nitrogens is 2. The Bertz CT molecular complexity index is 457. The maximum absolute atomic E-state index is 12.5. The molecule has 0 saturated carbocycles. The Morgan fingerprint density at radius 1 is 1.53 bits per heavy atom. The van der Waals surface area contributed by atoms with Gasteiger partial charge >= 0.3 is 0 Å². The third-order valence-electron chi connectivity index (χ3n) is 2.95. The van der Waals surface area contributed by atoms with Crippen molar-refractivity contribution < 1.29 is 4.79 Å². The number of hydrogen-bond acceptors (Lipinski definition) is 3. The molecule has 19 heavy (non-hydrogen) atoms. The zero-order chi connectivity index (χ0) is 14.6. The van der Waals surface area contributed by atoms with Crippen LogP contribution >= 0.6 is 0 Å². The molecule has 0 spiro atoms. The van der Waals surface area contributed by atoms with E-state index in [9.17, 15) is 4.79 Å². The summed E-state index contributed by atoms with van der Waals surface area (Å²) in [5.74, 6) is -0.163. The minimum atomic E-state index is -0.304. The van der Waals surface area contributed by atoms with Crippen molar-refractivity contribution in [1.29, 1.82) is 0 Å². The van der Waals surface area contributed by atoms with E-state index < -0.39 is 0 Å². The fourth-order valence-corrected chi connectivity index (χ4v) is 1.91. The molecule has 106 valence electrons. The number of nitrogens with two attached hydrogens (primary N) is 1. The molecule has 0 aliphatic rings. The summed E-state index contributed by atoms with van der Waals surface area (Å²) in [6.07, 6.45) is 3.46. The van der Waals surface area contributed by atoms with Crippen LogP contribution in [-0.4, -0.2) is 33.1 Å². The SMILES string of the molecule is C=CCN(C(=O)c1n[nH]c(CCC)c1N)C(C)(C)C. The normalized spacial score (nSPS) is 11.4. The average molecular weight is 264 g/mol. The molecule has 5 heteroatoms. The Kier molecular flexibility index (Phi) is 4.75. The van der Waals surface area contributed by atoms with Crippen LogP contribution in [0.25, 0.3) is 0 Å². The summed E-state index contributed by atoms with van der Waals surface area (Å²) in [6.45, 7) is 12.1. The standard InChI is InChI=1S/C14H24N4O/c1-6-8-10-11(15)12(17-16-10)13(19)18(9-7-2)14(3,4)5/h7H,2,6,8-9,15H2,1,3-5H3,(H,16,17). The molecule has 0 aliphatic carbocycles. The Balaban J connectivity index is 3.07. The number of hydrogen-bond donors (Lipinski definition) is 2. The maximum Gasteiger partial charge on any atom is 0.277 e. The Morgan fingerprint density at radius 2 is 2.16 bits per heavy atom. The van der Waals surface area contributed by atoms with Crippen LogP contribution in [0.15, 0.2) is 12.7 Å². The molecule has 0 radical (unpaired) electrons. The van der Waals surface area contributed by atoms with Gasteiger partial charge in [0.15, 0.2) is 5.69 Å². The van der Waals surface area contributed by atoms with Crippen molar-refractivity contribution in [1.82, 2.24) is 15.1 Å². The van der Waals surface area contributed by atoms with Crippen LogP contribution in [0.3, 0.4) is 0 Å².